The van der Waals surface area contributed by atoms with E-state index in [9.17, 15) is 9.59 Å². The third kappa shape index (κ3) is 5.22. The molecule has 2 amide bonds. The van der Waals surface area contributed by atoms with Crippen molar-refractivity contribution in [2.45, 2.75) is 29.5 Å². The Morgan fingerprint density at radius 1 is 1.20 bits per heavy atom. The highest BCUT2D eigenvalue weighted by atomic mass is 32.2. The van der Waals surface area contributed by atoms with E-state index in [2.05, 4.69) is 46.7 Å². The summed E-state index contributed by atoms with van der Waals surface area (Å²) in [5, 5.41) is 5.66. The van der Waals surface area contributed by atoms with Gasteiger partial charge in [0.2, 0.25) is 11.8 Å². The van der Waals surface area contributed by atoms with Crippen LogP contribution in [0.2, 0.25) is 0 Å². The molecule has 158 valence electrons. The van der Waals surface area contributed by atoms with Crippen LogP contribution < -0.4 is 10.6 Å². The average Bonchev–Trinajstić information content (AvgIpc) is 2.75. The summed E-state index contributed by atoms with van der Waals surface area (Å²) in [6.07, 6.45) is 0.149. The number of anilines is 1. The smallest absolute Gasteiger partial charge is 0.238 e. The number of hydrogen-bond donors (Lipinski definition) is 2. The highest BCUT2D eigenvalue weighted by molar-refractivity contribution is 8.01. The normalized spacial score (nSPS) is 20.2. The number of para-hydroxylation sites is 1. The molecule has 0 saturated carbocycles. The molecule has 0 aromatic heterocycles. The highest BCUT2D eigenvalue weighted by Crippen LogP contribution is 2.36. The molecule has 30 heavy (non-hydrogen) atoms. The van der Waals surface area contributed by atoms with Crippen LogP contribution in [0.5, 0.6) is 0 Å². The number of thioether (sulfide) groups is 1. The Bertz CT molecular complexity index is 897. The lowest BCUT2D eigenvalue weighted by Gasteiger charge is -2.31. The van der Waals surface area contributed by atoms with Crippen molar-refractivity contribution in [1.29, 1.82) is 0 Å². The maximum absolute atomic E-state index is 12.9. The third-order valence-electron chi connectivity index (χ3n) is 5.44. The van der Waals surface area contributed by atoms with E-state index in [1.54, 1.807) is 0 Å². The second-order valence-corrected chi connectivity index (χ2v) is 8.98. The summed E-state index contributed by atoms with van der Waals surface area (Å²) in [7, 11) is 0. The first-order valence-electron chi connectivity index (χ1n) is 10.3. The van der Waals surface area contributed by atoms with Crippen LogP contribution in [-0.2, 0) is 14.3 Å². The molecule has 0 unspecified atom stereocenters. The molecular formula is C23H27N3O3S. The van der Waals surface area contributed by atoms with Crippen molar-refractivity contribution in [3.8, 4) is 0 Å². The number of morpholine rings is 1. The molecule has 2 aromatic carbocycles. The first-order chi connectivity index (χ1) is 14.6. The van der Waals surface area contributed by atoms with Gasteiger partial charge in [0.1, 0.15) is 0 Å². The van der Waals surface area contributed by atoms with Gasteiger partial charge in [-0.1, -0.05) is 42.0 Å². The number of aryl methyl sites for hydroxylation is 1. The van der Waals surface area contributed by atoms with Gasteiger partial charge in [-0.3, -0.25) is 14.5 Å². The zero-order valence-corrected chi connectivity index (χ0v) is 17.9. The summed E-state index contributed by atoms with van der Waals surface area (Å²) in [4.78, 5) is 28.7. The summed E-state index contributed by atoms with van der Waals surface area (Å²) >= 11 is 1.45. The molecule has 2 heterocycles. The quantitative estimate of drug-likeness (QED) is 0.745. The second-order valence-electron chi connectivity index (χ2n) is 7.74. The molecule has 2 N–H and O–H groups in total. The van der Waals surface area contributed by atoms with E-state index >= 15 is 0 Å². The number of hydrogen-bond acceptors (Lipinski definition) is 5. The minimum absolute atomic E-state index is 0.110. The number of benzene rings is 2. The minimum atomic E-state index is -0.429. The van der Waals surface area contributed by atoms with E-state index in [0.29, 0.717) is 13.2 Å². The number of carbonyl (C=O) groups is 2. The van der Waals surface area contributed by atoms with Gasteiger partial charge in [0.05, 0.1) is 30.2 Å². The van der Waals surface area contributed by atoms with E-state index in [1.165, 1.54) is 17.3 Å². The summed E-state index contributed by atoms with van der Waals surface area (Å²) in [6.45, 7) is 5.92. The van der Waals surface area contributed by atoms with Gasteiger partial charge in [0, 0.05) is 31.0 Å². The fourth-order valence-corrected chi connectivity index (χ4v) is 4.83. The number of fused-ring (bicyclic) bond motifs is 1. The van der Waals surface area contributed by atoms with Crippen LogP contribution >= 0.6 is 11.8 Å². The SMILES string of the molecule is Cc1ccc([C@@H](CN2CCOCC2)NC(=O)C[C@H]2Sc3ccccc3NC2=O)cc1. The van der Waals surface area contributed by atoms with Crippen molar-refractivity contribution < 1.29 is 14.3 Å². The molecule has 2 aliphatic rings. The molecule has 2 atom stereocenters. The van der Waals surface area contributed by atoms with E-state index < -0.39 is 5.25 Å². The zero-order valence-electron chi connectivity index (χ0n) is 17.1. The molecule has 7 heteroatoms. The largest absolute Gasteiger partial charge is 0.379 e. The number of amides is 2. The number of nitrogens with zero attached hydrogens (tertiary/aromatic N) is 1. The lowest BCUT2D eigenvalue weighted by molar-refractivity contribution is -0.124. The average molecular weight is 426 g/mol. The van der Waals surface area contributed by atoms with Gasteiger partial charge in [-0.05, 0) is 24.6 Å². The van der Waals surface area contributed by atoms with Crippen molar-refractivity contribution in [2.75, 3.05) is 38.2 Å². The molecule has 0 spiro atoms. The number of rotatable bonds is 6. The standard InChI is InChI=1S/C23H27N3O3S/c1-16-6-8-17(9-7-16)19(15-26-10-12-29-13-11-26)24-22(27)14-21-23(28)25-18-4-2-3-5-20(18)30-21/h2-9,19,21H,10-15H2,1H3,(H,24,27)(H,25,28)/t19-,21-/m1/s1. The zero-order chi connectivity index (χ0) is 20.9. The van der Waals surface area contributed by atoms with Crippen LogP contribution in [-0.4, -0.2) is 54.8 Å². The van der Waals surface area contributed by atoms with Crippen molar-refractivity contribution in [3.63, 3.8) is 0 Å². The van der Waals surface area contributed by atoms with Crippen molar-refractivity contribution >= 4 is 29.3 Å². The Balaban J connectivity index is 1.43. The molecule has 0 aliphatic carbocycles. The molecule has 1 saturated heterocycles. The summed E-state index contributed by atoms with van der Waals surface area (Å²) in [6, 6.07) is 15.8. The fourth-order valence-electron chi connectivity index (χ4n) is 3.72. The summed E-state index contributed by atoms with van der Waals surface area (Å²) in [5.74, 6) is -0.227. The van der Waals surface area contributed by atoms with Gasteiger partial charge < -0.3 is 15.4 Å². The molecule has 2 aromatic rings. The van der Waals surface area contributed by atoms with E-state index in [0.717, 1.165) is 35.8 Å². The van der Waals surface area contributed by atoms with Gasteiger partial charge in [-0.15, -0.1) is 11.8 Å². The lowest BCUT2D eigenvalue weighted by atomic mass is 10.0. The Morgan fingerprint density at radius 3 is 2.70 bits per heavy atom. The van der Waals surface area contributed by atoms with Gasteiger partial charge >= 0.3 is 0 Å². The highest BCUT2D eigenvalue weighted by Gasteiger charge is 2.30. The maximum Gasteiger partial charge on any atom is 0.238 e. The first-order valence-corrected chi connectivity index (χ1v) is 11.2. The minimum Gasteiger partial charge on any atom is -0.379 e. The number of carbonyl (C=O) groups excluding carboxylic acids is 2. The van der Waals surface area contributed by atoms with Crippen LogP contribution in [0.3, 0.4) is 0 Å². The van der Waals surface area contributed by atoms with Crippen LogP contribution in [0.15, 0.2) is 53.4 Å². The predicted molar refractivity (Wildman–Crippen MR) is 119 cm³/mol. The van der Waals surface area contributed by atoms with Crippen LogP contribution in [0.1, 0.15) is 23.6 Å². The fraction of sp³-hybridized carbons (Fsp3) is 0.391. The van der Waals surface area contributed by atoms with Gasteiger partial charge in [0.15, 0.2) is 0 Å². The Labute approximate surface area is 181 Å². The number of ether oxygens (including phenoxy) is 1. The van der Waals surface area contributed by atoms with Gasteiger partial charge in [-0.2, -0.15) is 0 Å². The molecule has 0 bridgehead atoms. The van der Waals surface area contributed by atoms with Crippen molar-refractivity contribution in [2.24, 2.45) is 0 Å². The first kappa shape index (κ1) is 20.9. The second kappa shape index (κ2) is 9.64. The van der Waals surface area contributed by atoms with Gasteiger partial charge in [-0.25, -0.2) is 0 Å². The van der Waals surface area contributed by atoms with Crippen LogP contribution in [0.25, 0.3) is 0 Å². The van der Waals surface area contributed by atoms with E-state index in [-0.39, 0.29) is 24.3 Å². The van der Waals surface area contributed by atoms with Crippen molar-refractivity contribution in [1.82, 2.24) is 10.2 Å². The third-order valence-corrected chi connectivity index (χ3v) is 6.71. The molecule has 1 fully saturated rings. The molecule has 6 nitrogen and oxygen atoms in total. The number of nitrogens with one attached hydrogen (secondary N) is 2. The molecule has 4 rings (SSSR count). The van der Waals surface area contributed by atoms with E-state index in [1.807, 2.05) is 24.3 Å². The predicted octanol–water partition coefficient (Wildman–Crippen LogP) is 2.99. The molecule has 0 radical (unpaired) electrons. The van der Waals surface area contributed by atoms with Gasteiger partial charge in [0.25, 0.3) is 0 Å². The lowest BCUT2D eigenvalue weighted by Crippen LogP contribution is -2.44. The van der Waals surface area contributed by atoms with Crippen LogP contribution in [0, 0.1) is 6.92 Å². The Kier molecular flexibility index (Phi) is 6.72. The summed E-state index contributed by atoms with van der Waals surface area (Å²) < 4.78 is 5.45. The maximum atomic E-state index is 12.9. The van der Waals surface area contributed by atoms with E-state index in [4.69, 9.17) is 4.74 Å². The Morgan fingerprint density at radius 2 is 1.93 bits per heavy atom. The van der Waals surface area contributed by atoms with Crippen LogP contribution in [0.4, 0.5) is 5.69 Å². The molecular weight excluding hydrogens is 398 g/mol. The Hall–Kier alpha value is -2.35. The summed E-state index contributed by atoms with van der Waals surface area (Å²) in [5.41, 5.74) is 3.07. The molecule has 2 aliphatic heterocycles. The van der Waals surface area contributed by atoms with Crippen molar-refractivity contribution in [3.05, 3.63) is 59.7 Å². The topological polar surface area (TPSA) is 70.7 Å². The monoisotopic (exact) mass is 425 g/mol.